The summed E-state index contributed by atoms with van der Waals surface area (Å²) in [6, 6.07) is 15.5. The Bertz CT molecular complexity index is 1340. The Morgan fingerprint density at radius 1 is 1.18 bits per heavy atom. The number of nitrogens with zero attached hydrogens (tertiary/aromatic N) is 3. The Morgan fingerprint density at radius 2 is 2.09 bits per heavy atom. The summed E-state index contributed by atoms with van der Waals surface area (Å²) in [6.07, 6.45) is 1.72. The third kappa shape index (κ3) is 4.25. The predicted octanol–water partition coefficient (Wildman–Crippen LogP) is 3.25. The highest BCUT2D eigenvalue weighted by Crippen LogP contribution is 2.26. The zero-order valence-electron chi connectivity index (χ0n) is 17.4. The van der Waals surface area contributed by atoms with Gasteiger partial charge >= 0.3 is 0 Å². The molecule has 1 aliphatic rings. The molecule has 0 unspecified atom stereocenters. The van der Waals surface area contributed by atoms with Crippen LogP contribution in [-0.4, -0.2) is 39.9 Å². The van der Waals surface area contributed by atoms with Crippen LogP contribution in [0.3, 0.4) is 0 Å². The fraction of sp³-hybridized carbons (Fsp3) is 0.167. The molecule has 0 spiro atoms. The van der Waals surface area contributed by atoms with Gasteiger partial charge in [0.2, 0.25) is 5.91 Å². The fourth-order valence-corrected chi connectivity index (χ4v) is 3.82. The van der Waals surface area contributed by atoms with Crippen LogP contribution in [0.15, 0.2) is 71.4 Å². The molecule has 2 amide bonds. The second kappa shape index (κ2) is 8.70. The lowest BCUT2D eigenvalue weighted by Gasteiger charge is -2.34. The first-order chi connectivity index (χ1) is 16.1. The van der Waals surface area contributed by atoms with E-state index in [1.54, 1.807) is 18.3 Å². The van der Waals surface area contributed by atoms with Crippen molar-refractivity contribution in [3.05, 3.63) is 89.7 Å². The molecule has 0 saturated carbocycles. The maximum absolute atomic E-state index is 13.7. The number of rotatable bonds is 5. The lowest BCUT2D eigenvalue weighted by Crippen LogP contribution is -2.52. The molecular formula is C24H19FN4O4. The average molecular weight is 446 g/mol. The zero-order valence-corrected chi connectivity index (χ0v) is 17.4. The van der Waals surface area contributed by atoms with E-state index in [-0.39, 0.29) is 24.8 Å². The number of hydrogen-bond acceptors (Lipinski definition) is 6. The highest BCUT2D eigenvalue weighted by atomic mass is 19.1. The maximum atomic E-state index is 13.7. The molecule has 1 aliphatic heterocycles. The van der Waals surface area contributed by atoms with Crippen molar-refractivity contribution in [2.24, 2.45) is 0 Å². The second-order valence-corrected chi connectivity index (χ2v) is 7.57. The van der Waals surface area contributed by atoms with E-state index in [9.17, 15) is 14.0 Å². The Balaban J connectivity index is 1.31. The summed E-state index contributed by atoms with van der Waals surface area (Å²) in [5, 5.41) is 7.52. The maximum Gasteiger partial charge on any atom is 0.277 e. The lowest BCUT2D eigenvalue weighted by molar-refractivity contribution is -0.128. The van der Waals surface area contributed by atoms with Crippen LogP contribution in [0, 0.1) is 5.82 Å². The van der Waals surface area contributed by atoms with Crippen LogP contribution in [-0.2, 0) is 11.4 Å². The van der Waals surface area contributed by atoms with Crippen LogP contribution in [0.2, 0.25) is 0 Å². The molecule has 4 aromatic rings. The van der Waals surface area contributed by atoms with Crippen LogP contribution in [0.1, 0.15) is 27.9 Å². The van der Waals surface area contributed by atoms with E-state index in [0.717, 1.165) is 10.9 Å². The van der Waals surface area contributed by atoms with Gasteiger partial charge in [0.1, 0.15) is 24.2 Å². The summed E-state index contributed by atoms with van der Waals surface area (Å²) in [5.74, 6) is -0.361. The summed E-state index contributed by atoms with van der Waals surface area (Å²) in [7, 11) is 0. The van der Waals surface area contributed by atoms with Gasteiger partial charge in [-0.2, -0.15) is 0 Å². The molecular weight excluding hydrogens is 427 g/mol. The summed E-state index contributed by atoms with van der Waals surface area (Å²) in [5.41, 5.74) is 1.29. The normalized spacial score (nSPS) is 16.0. The zero-order chi connectivity index (χ0) is 22.8. The molecule has 0 radical (unpaired) electrons. The van der Waals surface area contributed by atoms with Crippen molar-refractivity contribution >= 4 is 22.7 Å². The van der Waals surface area contributed by atoms with Gasteiger partial charge in [0, 0.05) is 30.7 Å². The monoisotopic (exact) mass is 446 g/mol. The number of halogens is 1. The van der Waals surface area contributed by atoms with Crippen molar-refractivity contribution in [1.82, 2.24) is 20.4 Å². The molecule has 1 saturated heterocycles. The molecule has 0 bridgehead atoms. The molecule has 1 fully saturated rings. The van der Waals surface area contributed by atoms with Gasteiger partial charge in [0.25, 0.3) is 5.91 Å². The number of carbonyl (C=O) groups excluding carboxylic acids is 2. The minimum Gasteiger partial charge on any atom is -0.486 e. The largest absolute Gasteiger partial charge is 0.486 e. The molecule has 8 nitrogen and oxygen atoms in total. The highest BCUT2D eigenvalue weighted by molar-refractivity contribution is 5.97. The second-order valence-electron chi connectivity index (χ2n) is 7.57. The van der Waals surface area contributed by atoms with Crippen molar-refractivity contribution in [2.75, 3.05) is 13.1 Å². The van der Waals surface area contributed by atoms with Gasteiger partial charge in [-0.1, -0.05) is 23.4 Å². The van der Waals surface area contributed by atoms with Crippen LogP contribution in [0.25, 0.3) is 10.9 Å². The summed E-state index contributed by atoms with van der Waals surface area (Å²) in [6.45, 7) is 0.621. The first-order valence-electron chi connectivity index (χ1n) is 10.4. The molecule has 2 aromatic heterocycles. The van der Waals surface area contributed by atoms with Gasteiger partial charge in [-0.15, -0.1) is 0 Å². The average Bonchev–Trinajstić information content (AvgIpc) is 3.31. The molecule has 2 aromatic carbocycles. The molecule has 1 atom stereocenters. The van der Waals surface area contributed by atoms with Crippen LogP contribution in [0.5, 0.6) is 5.75 Å². The number of pyridine rings is 1. The van der Waals surface area contributed by atoms with Gasteiger partial charge in [0.15, 0.2) is 11.5 Å². The van der Waals surface area contributed by atoms with Crippen LogP contribution < -0.4 is 10.1 Å². The van der Waals surface area contributed by atoms with E-state index >= 15 is 0 Å². The van der Waals surface area contributed by atoms with E-state index in [1.165, 1.54) is 29.2 Å². The lowest BCUT2D eigenvalue weighted by atomic mass is 10.0. The van der Waals surface area contributed by atoms with Crippen LogP contribution in [0.4, 0.5) is 4.39 Å². The quantitative estimate of drug-likeness (QED) is 0.506. The number of fused-ring (bicyclic) bond motifs is 1. The van der Waals surface area contributed by atoms with E-state index in [1.807, 2.05) is 24.3 Å². The third-order valence-corrected chi connectivity index (χ3v) is 5.37. The number of hydrogen-bond donors (Lipinski definition) is 1. The minimum atomic E-state index is -0.954. The molecule has 166 valence electrons. The van der Waals surface area contributed by atoms with Crippen molar-refractivity contribution in [1.29, 1.82) is 0 Å². The Kier molecular flexibility index (Phi) is 5.43. The van der Waals surface area contributed by atoms with Gasteiger partial charge in [-0.25, -0.2) is 4.39 Å². The standard InChI is InChI=1S/C24H19FN4O4/c25-17-5-1-3-16(11-17)22-23(30)27-9-10-29(22)24(31)21-13-19(33-28-21)14-32-18-6-7-20-15(12-18)4-2-8-26-20/h1-8,11-13,22H,9-10,14H2,(H,27,30)/t22-/m0/s1. The topological polar surface area (TPSA) is 97.6 Å². The number of benzene rings is 2. The van der Waals surface area contributed by atoms with Crippen LogP contribution >= 0.6 is 0 Å². The van der Waals surface area contributed by atoms with Crippen molar-refractivity contribution in [2.45, 2.75) is 12.6 Å². The number of nitrogens with one attached hydrogen (secondary N) is 1. The van der Waals surface area contributed by atoms with Crippen molar-refractivity contribution in [3.63, 3.8) is 0 Å². The Morgan fingerprint density at radius 3 is 2.97 bits per heavy atom. The third-order valence-electron chi connectivity index (χ3n) is 5.37. The fourth-order valence-electron chi connectivity index (χ4n) is 3.82. The van der Waals surface area contributed by atoms with Crippen molar-refractivity contribution in [3.8, 4) is 5.75 Å². The van der Waals surface area contributed by atoms with Crippen molar-refractivity contribution < 1.29 is 23.2 Å². The number of carbonyl (C=O) groups is 2. The molecule has 33 heavy (non-hydrogen) atoms. The minimum absolute atomic E-state index is 0.0485. The molecule has 3 heterocycles. The summed E-state index contributed by atoms with van der Waals surface area (Å²) < 4.78 is 24.8. The summed E-state index contributed by atoms with van der Waals surface area (Å²) in [4.78, 5) is 31.3. The smallest absolute Gasteiger partial charge is 0.277 e. The molecule has 9 heteroatoms. The van der Waals surface area contributed by atoms with Gasteiger partial charge in [-0.05, 0) is 42.0 Å². The Hall–Kier alpha value is -4.27. The first-order valence-corrected chi connectivity index (χ1v) is 10.4. The van der Waals surface area contributed by atoms with E-state index in [0.29, 0.717) is 23.6 Å². The first kappa shape index (κ1) is 20.6. The SMILES string of the molecule is O=C1NCCN(C(=O)c2cc(COc3ccc4ncccc4c3)on2)[C@H]1c1cccc(F)c1. The van der Waals surface area contributed by atoms with E-state index < -0.39 is 17.8 Å². The van der Waals surface area contributed by atoms with E-state index in [2.05, 4.69) is 15.5 Å². The molecule has 1 N–H and O–H groups in total. The van der Waals surface area contributed by atoms with E-state index in [4.69, 9.17) is 9.26 Å². The number of ether oxygens (including phenoxy) is 1. The Labute approximate surface area is 188 Å². The number of piperazine rings is 1. The molecule has 0 aliphatic carbocycles. The predicted molar refractivity (Wildman–Crippen MR) is 116 cm³/mol. The highest BCUT2D eigenvalue weighted by Gasteiger charge is 2.36. The summed E-state index contributed by atoms with van der Waals surface area (Å²) >= 11 is 0. The molecule has 5 rings (SSSR count). The number of amides is 2. The van der Waals surface area contributed by atoms with Gasteiger partial charge in [0.05, 0.1) is 5.52 Å². The van der Waals surface area contributed by atoms with Gasteiger partial charge < -0.3 is 19.5 Å². The van der Waals surface area contributed by atoms with Gasteiger partial charge in [-0.3, -0.25) is 14.6 Å². The number of aromatic nitrogens is 2.